The molecule has 2 nitrogen and oxygen atoms in total. The van der Waals surface area contributed by atoms with Crippen molar-refractivity contribution < 1.29 is 4.39 Å². The molecule has 0 saturated carbocycles. The molecule has 4 heteroatoms. The number of benzene rings is 2. The van der Waals surface area contributed by atoms with Gasteiger partial charge in [0.1, 0.15) is 5.82 Å². The highest BCUT2D eigenvalue weighted by molar-refractivity contribution is 6.31. The lowest BCUT2D eigenvalue weighted by molar-refractivity contribution is 0.628. The van der Waals surface area contributed by atoms with Crippen molar-refractivity contribution in [1.29, 1.82) is 0 Å². The minimum absolute atomic E-state index is 0.0934. The molecule has 0 bridgehead atoms. The molecule has 2 aromatic rings. The summed E-state index contributed by atoms with van der Waals surface area (Å²) in [6.45, 7) is 0.404. The standard InChI is InChI=1S/C14H14ClFN2/c15-13-4-2-1-3-12(13)14(9-17)18-11-7-5-10(16)6-8-11/h1-8,14,18H,9,17H2. The first-order valence-electron chi connectivity index (χ1n) is 5.67. The van der Waals surface area contributed by atoms with Gasteiger partial charge in [0.25, 0.3) is 0 Å². The van der Waals surface area contributed by atoms with Crippen molar-refractivity contribution in [2.45, 2.75) is 6.04 Å². The number of nitrogens with two attached hydrogens (primary N) is 1. The number of nitrogens with one attached hydrogen (secondary N) is 1. The predicted molar refractivity (Wildman–Crippen MR) is 73.3 cm³/mol. The Labute approximate surface area is 111 Å². The summed E-state index contributed by atoms with van der Waals surface area (Å²) in [6, 6.07) is 13.6. The van der Waals surface area contributed by atoms with E-state index >= 15 is 0 Å². The second kappa shape index (κ2) is 5.85. The average molecular weight is 265 g/mol. The van der Waals surface area contributed by atoms with Crippen LogP contribution in [0, 0.1) is 5.82 Å². The topological polar surface area (TPSA) is 38.0 Å². The summed E-state index contributed by atoms with van der Waals surface area (Å²) in [5, 5.41) is 3.91. The second-order valence-corrected chi connectivity index (χ2v) is 4.37. The van der Waals surface area contributed by atoms with Crippen LogP contribution < -0.4 is 11.1 Å². The van der Waals surface area contributed by atoms with Crippen LogP contribution in [0.4, 0.5) is 10.1 Å². The summed E-state index contributed by atoms with van der Waals surface area (Å²) in [4.78, 5) is 0. The molecular weight excluding hydrogens is 251 g/mol. The van der Waals surface area contributed by atoms with Crippen molar-refractivity contribution >= 4 is 17.3 Å². The van der Waals surface area contributed by atoms with Crippen LogP contribution in [0.2, 0.25) is 5.02 Å². The van der Waals surface area contributed by atoms with Crippen molar-refractivity contribution in [2.24, 2.45) is 5.73 Å². The Hall–Kier alpha value is -1.58. The minimum Gasteiger partial charge on any atom is -0.377 e. The fourth-order valence-electron chi connectivity index (χ4n) is 1.77. The second-order valence-electron chi connectivity index (χ2n) is 3.96. The average Bonchev–Trinajstić information content (AvgIpc) is 2.39. The molecule has 0 radical (unpaired) electrons. The van der Waals surface area contributed by atoms with Crippen molar-refractivity contribution in [3.8, 4) is 0 Å². The lowest BCUT2D eigenvalue weighted by Gasteiger charge is -2.19. The van der Waals surface area contributed by atoms with Gasteiger partial charge in [-0.2, -0.15) is 0 Å². The zero-order chi connectivity index (χ0) is 13.0. The number of rotatable bonds is 4. The van der Waals surface area contributed by atoms with E-state index in [4.69, 9.17) is 17.3 Å². The molecule has 0 aromatic heterocycles. The van der Waals surface area contributed by atoms with E-state index in [1.54, 1.807) is 12.1 Å². The van der Waals surface area contributed by atoms with E-state index in [0.29, 0.717) is 11.6 Å². The third kappa shape index (κ3) is 3.00. The molecule has 0 aliphatic heterocycles. The van der Waals surface area contributed by atoms with E-state index in [0.717, 1.165) is 11.3 Å². The Morgan fingerprint density at radius 1 is 1.11 bits per heavy atom. The van der Waals surface area contributed by atoms with Crippen LogP contribution in [0.5, 0.6) is 0 Å². The summed E-state index contributed by atoms with van der Waals surface area (Å²) in [5.74, 6) is -0.261. The lowest BCUT2D eigenvalue weighted by Crippen LogP contribution is -2.20. The summed E-state index contributed by atoms with van der Waals surface area (Å²) in [7, 11) is 0. The quantitative estimate of drug-likeness (QED) is 0.886. The third-order valence-corrected chi connectivity index (χ3v) is 3.05. The van der Waals surface area contributed by atoms with Gasteiger partial charge in [0, 0.05) is 17.3 Å². The highest BCUT2D eigenvalue weighted by Crippen LogP contribution is 2.25. The molecule has 3 N–H and O–H groups in total. The number of hydrogen-bond acceptors (Lipinski definition) is 2. The SMILES string of the molecule is NCC(Nc1ccc(F)cc1)c1ccccc1Cl. The van der Waals surface area contributed by atoms with Crippen LogP contribution in [0.25, 0.3) is 0 Å². The van der Waals surface area contributed by atoms with Gasteiger partial charge in [-0.3, -0.25) is 0 Å². The van der Waals surface area contributed by atoms with Gasteiger partial charge in [-0.25, -0.2) is 4.39 Å². The fourth-order valence-corrected chi connectivity index (χ4v) is 2.04. The third-order valence-electron chi connectivity index (χ3n) is 2.70. The fraction of sp³-hybridized carbons (Fsp3) is 0.143. The number of halogens is 2. The van der Waals surface area contributed by atoms with Crippen LogP contribution in [0.1, 0.15) is 11.6 Å². The van der Waals surface area contributed by atoms with Crippen molar-refractivity contribution in [3.63, 3.8) is 0 Å². The molecule has 0 heterocycles. The smallest absolute Gasteiger partial charge is 0.123 e. The maximum absolute atomic E-state index is 12.8. The Morgan fingerprint density at radius 3 is 2.39 bits per heavy atom. The monoisotopic (exact) mass is 264 g/mol. The van der Waals surface area contributed by atoms with Gasteiger partial charge in [0.15, 0.2) is 0 Å². The van der Waals surface area contributed by atoms with Gasteiger partial charge in [-0.15, -0.1) is 0 Å². The van der Waals surface area contributed by atoms with E-state index in [9.17, 15) is 4.39 Å². The summed E-state index contributed by atoms with van der Waals surface area (Å²) >= 11 is 6.13. The summed E-state index contributed by atoms with van der Waals surface area (Å²) in [5.41, 5.74) is 7.50. The van der Waals surface area contributed by atoms with Crippen molar-refractivity contribution in [1.82, 2.24) is 0 Å². The van der Waals surface area contributed by atoms with Crippen molar-refractivity contribution in [2.75, 3.05) is 11.9 Å². The van der Waals surface area contributed by atoms with Gasteiger partial charge in [-0.1, -0.05) is 29.8 Å². The normalized spacial score (nSPS) is 12.2. The van der Waals surface area contributed by atoms with E-state index in [-0.39, 0.29) is 11.9 Å². The van der Waals surface area contributed by atoms with Crippen LogP contribution in [0.3, 0.4) is 0 Å². The number of hydrogen-bond donors (Lipinski definition) is 2. The van der Waals surface area contributed by atoms with E-state index in [1.807, 2.05) is 24.3 Å². The Morgan fingerprint density at radius 2 is 1.78 bits per heavy atom. The van der Waals surface area contributed by atoms with Crippen LogP contribution >= 0.6 is 11.6 Å². The first-order valence-corrected chi connectivity index (χ1v) is 6.05. The van der Waals surface area contributed by atoms with Crippen LogP contribution in [0.15, 0.2) is 48.5 Å². The summed E-state index contributed by atoms with van der Waals surface area (Å²) < 4.78 is 12.8. The molecule has 94 valence electrons. The molecule has 1 atom stereocenters. The molecule has 0 amide bonds. The maximum atomic E-state index is 12.8. The Bertz CT molecular complexity index is 513. The van der Waals surface area contributed by atoms with Crippen LogP contribution in [-0.4, -0.2) is 6.54 Å². The Kier molecular flexibility index (Phi) is 4.18. The molecule has 0 saturated heterocycles. The molecule has 2 rings (SSSR count). The predicted octanol–water partition coefficient (Wildman–Crippen LogP) is 3.59. The van der Waals surface area contributed by atoms with Gasteiger partial charge < -0.3 is 11.1 Å². The zero-order valence-corrected chi connectivity index (χ0v) is 10.5. The lowest BCUT2D eigenvalue weighted by atomic mass is 10.1. The molecule has 2 aromatic carbocycles. The van der Waals surface area contributed by atoms with Gasteiger partial charge in [0.2, 0.25) is 0 Å². The largest absolute Gasteiger partial charge is 0.377 e. The highest BCUT2D eigenvalue weighted by atomic mass is 35.5. The molecule has 0 aliphatic carbocycles. The highest BCUT2D eigenvalue weighted by Gasteiger charge is 2.12. The summed E-state index contributed by atoms with van der Waals surface area (Å²) in [6.07, 6.45) is 0. The van der Waals surface area contributed by atoms with Gasteiger partial charge in [-0.05, 0) is 35.9 Å². The molecule has 0 spiro atoms. The van der Waals surface area contributed by atoms with E-state index < -0.39 is 0 Å². The van der Waals surface area contributed by atoms with Gasteiger partial charge in [0.05, 0.1) is 6.04 Å². The molecule has 0 fully saturated rings. The van der Waals surface area contributed by atoms with Crippen molar-refractivity contribution in [3.05, 3.63) is 64.9 Å². The minimum atomic E-state index is -0.261. The maximum Gasteiger partial charge on any atom is 0.123 e. The van der Waals surface area contributed by atoms with E-state index in [1.165, 1.54) is 12.1 Å². The molecule has 0 aliphatic rings. The van der Waals surface area contributed by atoms with Gasteiger partial charge >= 0.3 is 0 Å². The molecular formula is C14H14ClFN2. The number of anilines is 1. The van der Waals surface area contributed by atoms with E-state index in [2.05, 4.69) is 5.32 Å². The first kappa shape index (κ1) is 12.9. The van der Waals surface area contributed by atoms with Crippen LogP contribution in [-0.2, 0) is 0 Å². The zero-order valence-electron chi connectivity index (χ0n) is 9.74. The Balaban J connectivity index is 2.20. The molecule has 18 heavy (non-hydrogen) atoms. The molecule has 1 unspecified atom stereocenters. The first-order chi connectivity index (χ1) is 8.70.